The van der Waals surface area contributed by atoms with Gasteiger partial charge in [-0.05, 0) is 43.0 Å². The van der Waals surface area contributed by atoms with E-state index in [1.807, 2.05) is 57.1 Å². The number of pyridine rings is 1. The summed E-state index contributed by atoms with van der Waals surface area (Å²) in [7, 11) is 5.65. The summed E-state index contributed by atoms with van der Waals surface area (Å²) in [5, 5.41) is 21.9. The van der Waals surface area contributed by atoms with Gasteiger partial charge in [-0.1, -0.05) is 19.9 Å². The van der Waals surface area contributed by atoms with Gasteiger partial charge in [-0.25, -0.2) is 9.78 Å². The molecule has 0 atom stereocenters. The topological polar surface area (TPSA) is 102 Å². The number of carboxylic acids is 1. The lowest BCUT2D eigenvalue weighted by Crippen LogP contribution is -2.38. The van der Waals surface area contributed by atoms with E-state index in [1.54, 1.807) is 13.2 Å². The fourth-order valence-corrected chi connectivity index (χ4v) is 3.87. The zero-order valence-corrected chi connectivity index (χ0v) is 19.5. The van der Waals surface area contributed by atoms with E-state index in [1.165, 1.54) is 0 Å². The lowest BCUT2D eigenvalue weighted by atomic mass is 9.96. The zero-order valence-electron chi connectivity index (χ0n) is 19.5. The van der Waals surface area contributed by atoms with Crippen LogP contribution in [0.15, 0.2) is 30.3 Å². The molecule has 0 radical (unpaired) electrons. The van der Waals surface area contributed by atoms with Gasteiger partial charge in [0.25, 0.3) is 0 Å². The summed E-state index contributed by atoms with van der Waals surface area (Å²) < 4.78 is 5.49. The number of aromatic carboxylic acids is 1. The number of benzene rings is 1. The molecule has 0 unspecified atom stereocenters. The van der Waals surface area contributed by atoms with Gasteiger partial charge in [-0.2, -0.15) is 0 Å². The maximum atomic E-state index is 11.9. The first-order valence-corrected chi connectivity index (χ1v) is 10.9. The van der Waals surface area contributed by atoms with E-state index >= 15 is 0 Å². The molecule has 1 aliphatic heterocycles. The number of piperidine rings is 1. The third-order valence-electron chi connectivity index (χ3n) is 5.81. The van der Waals surface area contributed by atoms with E-state index in [2.05, 4.69) is 15.2 Å². The van der Waals surface area contributed by atoms with E-state index in [9.17, 15) is 9.90 Å². The average Bonchev–Trinajstić information content (AvgIpc) is 2.78. The van der Waals surface area contributed by atoms with E-state index < -0.39 is 5.97 Å². The van der Waals surface area contributed by atoms with Crippen molar-refractivity contribution in [2.75, 3.05) is 49.4 Å². The first kappa shape index (κ1) is 23.5. The molecular weight excluding hydrogens is 406 g/mol. The number of anilines is 4. The predicted octanol–water partition coefficient (Wildman–Crippen LogP) is 4.23. The van der Waals surface area contributed by atoms with Gasteiger partial charge in [-0.3, -0.25) is 0 Å². The Kier molecular flexibility index (Phi) is 7.35. The number of ether oxygens (including phenoxy) is 1. The van der Waals surface area contributed by atoms with Crippen molar-refractivity contribution >= 4 is 34.6 Å². The maximum Gasteiger partial charge on any atom is 0.354 e. The number of carbonyl (C=O) groups is 1. The molecule has 8 heteroatoms. The van der Waals surface area contributed by atoms with Crippen LogP contribution in [0.3, 0.4) is 0 Å². The number of aromatic nitrogens is 1. The Morgan fingerprint density at radius 3 is 2.53 bits per heavy atom. The number of hydrogen-bond acceptors (Lipinski definition) is 7. The van der Waals surface area contributed by atoms with E-state index in [4.69, 9.17) is 10.1 Å². The minimum Gasteiger partial charge on any atom is -0.477 e. The van der Waals surface area contributed by atoms with Crippen molar-refractivity contribution in [1.29, 1.82) is 5.41 Å². The molecule has 172 valence electrons. The molecule has 1 aliphatic rings. The fraction of sp³-hybridized carbons (Fsp3) is 0.458. The first-order chi connectivity index (χ1) is 15.2. The van der Waals surface area contributed by atoms with Crippen LogP contribution in [0.1, 0.15) is 42.7 Å². The summed E-state index contributed by atoms with van der Waals surface area (Å²) in [6.45, 7) is 5.39. The standard InChI is InChI=1S/C24H33N5O3/c1-15(2)22(25)21-20(29-11-9-18(32-5)10-12-29)14-19(24(30)31)27-23(21)26-16-7-6-8-17(13-16)28(3)4/h6-8,13-15,18,25H,9-12H2,1-5H3,(H,26,27)(H,30,31). The van der Waals surface area contributed by atoms with E-state index in [0.29, 0.717) is 17.1 Å². The van der Waals surface area contributed by atoms with Crippen molar-refractivity contribution in [1.82, 2.24) is 4.98 Å². The second-order valence-electron chi connectivity index (χ2n) is 8.62. The van der Waals surface area contributed by atoms with Crippen LogP contribution in [0.2, 0.25) is 0 Å². The monoisotopic (exact) mass is 439 g/mol. The average molecular weight is 440 g/mol. The van der Waals surface area contributed by atoms with Crippen LogP contribution in [0, 0.1) is 11.3 Å². The first-order valence-electron chi connectivity index (χ1n) is 10.9. The summed E-state index contributed by atoms with van der Waals surface area (Å²) >= 11 is 0. The summed E-state index contributed by atoms with van der Waals surface area (Å²) in [4.78, 5) is 20.5. The summed E-state index contributed by atoms with van der Waals surface area (Å²) in [5.74, 6) is -0.745. The van der Waals surface area contributed by atoms with Gasteiger partial charge >= 0.3 is 5.97 Å². The highest BCUT2D eigenvalue weighted by molar-refractivity contribution is 6.09. The molecule has 8 nitrogen and oxygen atoms in total. The van der Waals surface area contributed by atoms with E-state index in [0.717, 1.165) is 43.0 Å². The van der Waals surface area contributed by atoms with Crippen molar-refractivity contribution in [2.24, 2.45) is 5.92 Å². The largest absolute Gasteiger partial charge is 0.477 e. The van der Waals surface area contributed by atoms with Crippen LogP contribution < -0.4 is 15.1 Å². The fourth-order valence-electron chi connectivity index (χ4n) is 3.87. The zero-order chi connectivity index (χ0) is 23.4. The van der Waals surface area contributed by atoms with Gasteiger partial charge in [-0.15, -0.1) is 0 Å². The Morgan fingerprint density at radius 2 is 1.97 bits per heavy atom. The van der Waals surface area contributed by atoms with Crippen LogP contribution in [0.5, 0.6) is 0 Å². The molecule has 0 spiro atoms. The highest BCUT2D eigenvalue weighted by Crippen LogP contribution is 2.34. The van der Waals surface area contributed by atoms with Crippen molar-refractivity contribution in [2.45, 2.75) is 32.8 Å². The number of hydrogen-bond donors (Lipinski definition) is 3. The summed E-state index contributed by atoms with van der Waals surface area (Å²) in [5.41, 5.74) is 3.55. The van der Waals surface area contributed by atoms with Gasteiger partial charge < -0.3 is 30.4 Å². The molecule has 0 amide bonds. The van der Waals surface area contributed by atoms with E-state index in [-0.39, 0.29) is 17.7 Å². The van der Waals surface area contributed by atoms with Crippen molar-refractivity contribution < 1.29 is 14.6 Å². The Labute approximate surface area is 189 Å². The highest BCUT2D eigenvalue weighted by atomic mass is 16.5. The molecule has 0 bridgehead atoms. The molecule has 1 saturated heterocycles. The third-order valence-corrected chi connectivity index (χ3v) is 5.81. The molecule has 3 rings (SSSR count). The SMILES string of the molecule is COC1CCN(c2cc(C(=O)O)nc(Nc3cccc(N(C)C)c3)c2C(=N)C(C)C)CC1. The Balaban J connectivity index is 2.12. The highest BCUT2D eigenvalue weighted by Gasteiger charge is 2.27. The molecule has 3 N–H and O–H groups in total. The second kappa shape index (κ2) is 9.99. The molecule has 2 aromatic rings. The van der Waals surface area contributed by atoms with Gasteiger partial charge in [0.05, 0.1) is 17.4 Å². The van der Waals surface area contributed by atoms with Crippen LogP contribution in [-0.4, -0.2) is 62.2 Å². The Bertz CT molecular complexity index is 982. The minimum atomic E-state index is -1.09. The lowest BCUT2D eigenvalue weighted by molar-refractivity contribution is 0.0690. The van der Waals surface area contributed by atoms with Crippen molar-refractivity contribution in [3.05, 3.63) is 41.6 Å². The number of nitrogens with one attached hydrogen (secondary N) is 2. The molecule has 1 aromatic heterocycles. The predicted molar refractivity (Wildman–Crippen MR) is 129 cm³/mol. The summed E-state index contributed by atoms with van der Waals surface area (Å²) in [6.07, 6.45) is 1.90. The van der Waals surface area contributed by atoms with Gasteiger partial charge in [0.15, 0.2) is 5.69 Å². The normalized spacial score (nSPS) is 14.5. The second-order valence-corrected chi connectivity index (χ2v) is 8.62. The minimum absolute atomic E-state index is 0.0413. The number of nitrogens with zero attached hydrogens (tertiary/aromatic N) is 3. The lowest BCUT2D eigenvalue weighted by Gasteiger charge is -2.35. The van der Waals surface area contributed by atoms with Crippen LogP contribution in [-0.2, 0) is 4.74 Å². The van der Waals surface area contributed by atoms with Crippen LogP contribution >= 0.6 is 0 Å². The molecule has 1 fully saturated rings. The molecule has 0 aliphatic carbocycles. The molecule has 32 heavy (non-hydrogen) atoms. The van der Waals surface area contributed by atoms with Gasteiger partial charge in [0.1, 0.15) is 5.82 Å². The summed E-state index contributed by atoms with van der Waals surface area (Å²) in [6, 6.07) is 9.41. The van der Waals surface area contributed by atoms with Crippen LogP contribution in [0.25, 0.3) is 0 Å². The Morgan fingerprint density at radius 1 is 1.28 bits per heavy atom. The van der Waals surface area contributed by atoms with Gasteiger partial charge in [0, 0.05) is 51.4 Å². The van der Waals surface area contributed by atoms with Gasteiger partial charge in [0.2, 0.25) is 0 Å². The maximum absolute atomic E-state index is 11.9. The quantitative estimate of drug-likeness (QED) is 0.529. The molecular formula is C24H33N5O3. The number of carboxylic acid groups (broad SMARTS) is 1. The van der Waals surface area contributed by atoms with Crippen LogP contribution in [0.4, 0.5) is 22.9 Å². The molecule has 0 saturated carbocycles. The van der Waals surface area contributed by atoms with Crippen molar-refractivity contribution in [3.8, 4) is 0 Å². The molecule has 1 aromatic carbocycles. The smallest absolute Gasteiger partial charge is 0.354 e. The Hall–Kier alpha value is -3.13. The number of methoxy groups -OCH3 is 1. The molecule has 2 heterocycles. The number of rotatable bonds is 8. The third kappa shape index (κ3) is 5.19. The van der Waals surface area contributed by atoms with Crippen molar-refractivity contribution in [3.63, 3.8) is 0 Å².